The van der Waals surface area contributed by atoms with Gasteiger partial charge in [-0.05, 0) is 76.3 Å². The molecular formula is C33H25N5O. The van der Waals surface area contributed by atoms with Gasteiger partial charge in [-0.2, -0.15) is 0 Å². The predicted molar refractivity (Wildman–Crippen MR) is 157 cm³/mol. The van der Waals surface area contributed by atoms with Crippen LogP contribution in [0.15, 0.2) is 97.7 Å². The zero-order chi connectivity index (χ0) is 26.3. The first-order valence-electron chi connectivity index (χ1n) is 13.1. The molecule has 0 aliphatic carbocycles. The Balaban J connectivity index is 1.28. The number of imidazole rings is 2. The molecule has 0 N–H and O–H groups in total. The number of pyridine rings is 3. The second-order valence-corrected chi connectivity index (χ2v) is 11.1. The van der Waals surface area contributed by atoms with Crippen LogP contribution < -0.4 is 4.74 Å². The molecule has 6 heteroatoms. The van der Waals surface area contributed by atoms with Crippen molar-refractivity contribution in [2.24, 2.45) is 0 Å². The molecule has 0 atom stereocenters. The van der Waals surface area contributed by atoms with Crippen LogP contribution in [0.5, 0.6) is 11.5 Å². The molecule has 6 nitrogen and oxygen atoms in total. The highest BCUT2D eigenvalue weighted by Crippen LogP contribution is 2.36. The Kier molecular flexibility index (Phi) is 4.39. The lowest BCUT2D eigenvalue weighted by molar-refractivity contribution is 0.484. The largest absolute Gasteiger partial charge is 0.457 e. The Hall–Kier alpha value is -4.97. The maximum absolute atomic E-state index is 6.44. The molecule has 0 aliphatic rings. The van der Waals surface area contributed by atoms with E-state index >= 15 is 0 Å². The number of hydrogen-bond donors (Lipinski definition) is 0. The van der Waals surface area contributed by atoms with Crippen LogP contribution in [0, 0.1) is 0 Å². The summed E-state index contributed by atoms with van der Waals surface area (Å²) in [5.41, 5.74) is 5.21. The van der Waals surface area contributed by atoms with Crippen molar-refractivity contribution in [1.29, 1.82) is 0 Å². The molecule has 8 rings (SSSR count). The van der Waals surface area contributed by atoms with E-state index in [9.17, 15) is 0 Å². The van der Waals surface area contributed by atoms with Crippen molar-refractivity contribution in [3.63, 3.8) is 0 Å². The average molecular weight is 508 g/mol. The topological polar surface area (TPSA) is 56.7 Å². The van der Waals surface area contributed by atoms with Crippen molar-refractivity contribution in [2.75, 3.05) is 0 Å². The van der Waals surface area contributed by atoms with Gasteiger partial charge in [0.15, 0.2) is 0 Å². The summed E-state index contributed by atoms with van der Waals surface area (Å²) in [4.78, 5) is 13.9. The monoisotopic (exact) mass is 507 g/mol. The number of fused-ring (bicyclic) bond motifs is 12. The van der Waals surface area contributed by atoms with Crippen LogP contribution in [-0.2, 0) is 5.41 Å². The van der Waals surface area contributed by atoms with Gasteiger partial charge in [0, 0.05) is 52.5 Å². The summed E-state index contributed by atoms with van der Waals surface area (Å²) in [6.07, 6.45) is 9.48. The van der Waals surface area contributed by atoms with Gasteiger partial charge < -0.3 is 4.74 Å². The highest BCUT2D eigenvalue weighted by molar-refractivity contribution is 6.13. The number of benzene rings is 3. The summed E-state index contributed by atoms with van der Waals surface area (Å²) >= 11 is 0. The number of aromatic nitrogens is 5. The third-order valence-corrected chi connectivity index (χ3v) is 7.70. The first-order valence-corrected chi connectivity index (χ1v) is 13.1. The minimum absolute atomic E-state index is 0.0678. The standard InChI is InChI=1S/C33H25N5O/c1-33(2,3)20-6-9-25-23-10-7-21(18-27(23)31-35-13-15-37(31)29(25)17-20)39-22-8-11-24-26-5-4-12-34-30(26)38-16-14-36-32(38)28(24)19-22/h4-19H,1-3H3. The van der Waals surface area contributed by atoms with E-state index in [0.29, 0.717) is 0 Å². The maximum Gasteiger partial charge on any atom is 0.146 e. The van der Waals surface area contributed by atoms with Gasteiger partial charge in [-0.3, -0.25) is 8.80 Å². The molecule has 5 aromatic heterocycles. The zero-order valence-electron chi connectivity index (χ0n) is 21.9. The third-order valence-electron chi connectivity index (χ3n) is 7.70. The van der Waals surface area contributed by atoms with Crippen molar-refractivity contribution in [3.05, 3.63) is 103 Å². The molecule has 188 valence electrons. The Morgan fingerprint density at radius 3 is 1.87 bits per heavy atom. The SMILES string of the molecule is CC(C)(C)c1ccc2c3ccc(Oc4ccc5c6cccnc6n6ccnc6c5c4)cc3c3nccn3c2c1. The lowest BCUT2D eigenvalue weighted by Crippen LogP contribution is -2.11. The van der Waals surface area contributed by atoms with E-state index in [4.69, 9.17) is 9.72 Å². The van der Waals surface area contributed by atoms with E-state index in [0.717, 1.165) is 60.9 Å². The van der Waals surface area contributed by atoms with E-state index in [-0.39, 0.29) is 5.41 Å². The summed E-state index contributed by atoms with van der Waals surface area (Å²) in [5.74, 6) is 1.52. The molecule has 3 aromatic carbocycles. The molecule has 0 saturated carbocycles. The molecule has 0 fully saturated rings. The van der Waals surface area contributed by atoms with Crippen LogP contribution in [0.1, 0.15) is 26.3 Å². The van der Waals surface area contributed by atoms with Gasteiger partial charge in [-0.1, -0.05) is 32.9 Å². The number of hydrogen-bond acceptors (Lipinski definition) is 4. The number of ether oxygens (including phenoxy) is 1. The fourth-order valence-corrected chi connectivity index (χ4v) is 5.74. The predicted octanol–water partition coefficient (Wildman–Crippen LogP) is 8.08. The normalized spacial score (nSPS) is 12.5. The van der Waals surface area contributed by atoms with E-state index in [1.54, 1.807) is 0 Å². The smallest absolute Gasteiger partial charge is 0.146 e. The van der Waals surface area contributed by atoms with Gasteiger partial charge in [0.05, 0.1) is 5.52 Å². The summed E-state index contributed by atoms with van der Waals surface area (Å²) in [5, 5.41) is 6.62. The highest BCUT2D eigenvalue weighted by atomic mass is 16.5. The third kappa shape index (κ3) is 3.24. The Bertz CT molecular complexity index is 2250. The molecular weight excluding hydrogens is 482 g/mol. The Morgan fingerprint density at radius 1 is 0.564 bits per heavy atom. The minimum atomic E-state index is 0.0678. The van der Waals surface area contributed by atoms with Gasteiger partial charge in [0.1, 0.15) is 28.4 Å². The Labute approximate surface area is 224 Å². The van der Waals surface area contributed by atoms with E-state index in [1.165, 1.54) is 10.9 Å². The molecule has 0 amide bonds. The molecule has 0 unspecified atom stereocenters. The van der Waals surface area contributed by atoms with Crippen LogP contribution in [0.4, 0.5) is 0 Å². The van der Waals surface area contributed by atoms with Crippen molar-refractivity contribution < 1.29 is 4.74 Å². The van der Waals surface area contributed by atoms with Crippen molar-refractivity contribution >= 4 is 54.8 Å². The van der Waals surface area contributed by atoms with Crippen LogP contribution in [0.25, 0.3) is 54.8 Å². The van der Waals surface area contributed by atoms with Gasteiger partial charge in [0.2, 0.25) is 0 Å². The van der Waals surface area contributed by atoms with Crippen molar-refractivity contribution in [2.45, 2.75) is 26.2 Å². The molecule has 0 saturated heterocycles. The fraction of sp³-hybridized carbons (Fsp3) is 0.121. The molecule has 0 spiro atoms. The van der Waals surface area contributed by atoms with Gasteiger partial charge in [-0.15, -0.1) is 0 Å². The lowest BCUT2D eigenvalue weighted by Gasteiger charge is -2.20. The van der Waals surface area contributed by atoms with Gasteiger partial charge >= 0.3 is 0 Å². The molecule has 5 heterocycles. The number of rotatable bonds is 2. The summed E-state index contributed by atoms with van der Waals surface area (Å²) in [6.45, 7) is 6.73. The van der Waals surface area contributed by atoms with E-state index in [2.05, 4.69) is 83.7 Å². The second kappa shape index (κ2) is 7.77. The van der Waals surface area contributed by atoms with Crippen molar-refractivity contribution in [1.82, 2.24) is 23.8 Å². The number of nitrogens with zero attached hydrogens (tertiary/aromatic N) is 5. The molecule has 0 bridgehead atoms. The van der Waals surface area contributed by atoms with Crippen LogP contribution in [0.3, 0.4) is 0 Å². The minimum Gasteiger partial charge on any atom is -0.457 e. The summed E-state index contributed by atoms with van der Waals surface area (Å²) in [6, 6.07) is 23.3. The van der Waals surface area contributed by atoms with E-state index < -0.39 is 0 Å². The van der Waals surface area contributed by atoms with E-state index in [1.807, 2.05) is 53.6 Å². The maximum atomic E-state index is 6.44. The summed E-state index contributed by atoms with van der Waals surface area (Å²) < 4.78 is 10.7. The highest BCUT2D eigenvalue weighted by Gasteiger charge is 2.17. The first-order chi connectivity index (χ1) is 19.0. The lowest BCUT2D eigenvalue weighted by atomic mass is 9.86. The van der Waals surface area contributed by atoms with Gasteiger partial charge in [-0.25, -0.2) is 15.0 Å². The van der Waals surface area contributed by atoms with Crippen LogP contribution in [0.2, 0.25) is 0 Å². The molecule has 0 radical (unpaired) electrons. The Morgan fingerprint density at radius 2 is 1.15 bits per heavy atom. The molecule has 0 aliphatic heterocycles. The molecule has 8 aromatic rings. The van der Waals surface area contributed by atoms with Gasteiger partial charge in [0.25, 0.3) is 0 Å². The second-order valence-electron chi connectivity index (χ2n) is 11.1. The zero-order valence-corrected chi connectivity index (χ0v) is 21.9. The average Bonchev–Trinajstić information content (AvgIpc) is 3.63. The fourth-order valence-electron chi connectivity index (χ4n) is 5.74. The van der Waals surface area contributed by atoms with Crippen LogP contribution >= 0.6 is 0 Å². The summed E-state index contributed by atoms with van der Waals surface area (Å²) in [7, 11) is 0. The molecule has 39 heavy (non-hydrogen) atoms. The van der Waals surface area contributed by atoms with Crippen molar-refractivity contribution in [3.8, 4) is 11.5 Å². The quantitative estimate of drug-likeness (QED) is 0.222. The first kappa shape index (κ1) is 22.1. The van der Waals surface area contributed by atoms with Crippen LogP contribution in [-0.4, -0.2) is 23.8 Å².